The maximum atomic E-state index is 10.1. The van der Waals surface area contributed by atoms with E-state index < -0.39 is 7.52 Å². The number of hydrogen-bond acceptors (Lipinski definition) is 1. The van der Waals surface area contributed by atoms with Crippen LogP contribution in [0.25, 0.3) is 0 Å². The lowest BCUT2D eigenvalue weighted by atomic mass is 10.8. The molecule has 3 N–H and O–H groups in total. The average molecular weight is 121 g/mol. The highest BCUT2D eigenvalue weighted by Gasteiger charge is 1.99. The van der Waals surface area contributed by atoms with E-state index in [1.165, 1.54) is 6.08 Å². The van der Waals surface area contributed by atoms with Crippen LogP contribution in [0, 0.1) is 0 Å². The van der Waals surface area contributed by atoms with Gasteiger partial charge < -0.3 is 4.89 Å². The fraction of sp³-hybridized carbons (Fsp3) is 0.333. The van der Waals surface area contributed by atoms with Gasteiger partial charge in [0.15, 0.2) is 0 Å². The molecule has 0 aromatic rings. The summed E-state index contributed by atoms with van der Waals surface area (Å²) in [6, 6.07) is 0. The van der Waals surface area contributed by atoms with Crippen LogP contribution in [-0.2, 0) is 4.57 Å². The molecule has 7 heavy (non-hydrogen) atoms. The summed E-state index contributed by atoms with van der Waals surface area (Å²) in [7, 11) is -3.35. The first-order valence-electron chi connectivity index (χ1n) is 1.81. The molecule has 0 rings (SSSR count). The Hall–Kier alpha value is -0.110. The fourth-order valence-corrected chi connectivity index (χ4v) is 0.641. The first kappa shape index (κ1) is 6.89. The van der Waals surface area contributed by atoms with E-state index in [4.69, 9.17) is 4.89 Å². The first-order valence-corrected chi connectivity index (χ1v) is 3.61. The van der Waals surface area contributed by atoms with Crippen molar-refractivity contribution in [3.05, 3.63) is 11.9 Å². The summed E-state index contributed by atoms with van der Waals surface area (Å²) in [5.74, 6) is 1.08. The molecule has 0 aromatic carbocycles. The molecule has 0 radical (unpaired) electrons. The number of rotatable bonds is 1. The zero-order chi connectivity index (χ0) is 5.91. The van der Waals surface area contributed by atoms with E-state index in [0.717, 1.165) is 5.82 Å². The minimum atomic E-state index is -3.35. The van der Waals surface area contributed by atoms with Gasteiger partial charge in [0.05, 0.1) is 0 Å². The molecule has 0 aliphatic carbocycles. The lowest BCUT2D eigenvalue weighted by molar-refractivity contribution is 0.490. The lowest BCUT2D eigenvalue weighted by Gasteiger charge is -1.91. The lowest BCUT2D eigenvalue weighted by Crippen LogP contribution is -1.85. The molecular weight excluding hydrogens is 113 g/mol. The van der Waals surface area contributed by atoms with Crippen LogP contribution in [-0.4, -0.2) is 4.89 Å². The van der Waals surface area contributed by atoms with Crippen molar-refractivity contribution in [2.45, 2.75) is 6.92 Å². The second kappa shape index (κ2) is 2.26. The normalized spacial score (nSPS) is 19.9. The van der Waals surface area contributed by atoms with Crippen LogP contribution >= 0.6 is 7.52 Å². The van der Waals surface area contributed by atoms with Crippen molar-refractivity contribution >= 4 is 7.52 Å². The Labute approximate surface area is 42.3 Å². The van der Waals surface area contributed by atoms with Crippen molar-refractivity contribution in [1.29, 1.82) is 0 Å². The van der Waals surface area contributed by atoms with E-state index in [0.29, 0.717) is 0 Å². The molecule has 0 saturated heterocycles. The molecule has 0 aromatic heterocycles. The molecule has 3 nitrogen and oxygen atoms in total. The second-order valence-corrected chi connectivity index (χ2v) is 2.80. The van der Waals surface area contributed by atoms with Crippen molar-refractivity contribution in [1.82, 2.24) is 0 Å². The number of hydrogen-bond donors (Lipinski definition) is 2. The summed E-state index contributed by atoms with van der Waals surface area (Å²) in [6.07, 6.45) is 1.45. The van der Waals surface area contributed by atoms with Gasteiger partial charge in [-0.15, -0.1) is 0 Å². The van der Waals surface area contributed by atoms with E-state index in [1.807, 2.05) is 0 Å². The van der Waals surface area contributed by atoms with Crippen molar-refractivity contribution in [3.8, 4) is 0 Å². The molecule has 0 aliphatic heterocycles. The first-order chi connectivity index (χ1) is 3.06. The fourth-order valence-electron chi connectivity index (χ4n) is 0.214. The van der Waals surface area contributed by atoms with Gasteiger partial charge in [-0.2, -0.15) is 0 Å². The Kier molecular flexibility index (Phi) is 2.23. The van der Waals surface area contributed by atoms with Crippen LogP contribution in [0.5, 0.6) is 0 Å². The Balaban J connectivity index is 3.82. The molecule has 1 atom stereocenters. The van der Waals surface area contributed by atoms with Crippen LogP contribution in [0.4, 0.5) is 0 Å². The highest BCUT2D eigenvalue weighted by molar-refractivity contribution is 7.58. The van der Waals surface area contributed by atoms with Gasteiger partial charge in [0.1, 0.15) is 0 Å². The highest BCUT2D eigenvalue weighted by Crippen LogP contribution is 2.30. The minimum Gasteiger partial charge on any atom is -0.331 e. The van der Waals surface area contributed by atoms with Gasteiger partial charge in [-0.25, -0.2) is 0 Å². The smallest absolute Gasteiger partial charge is 0.287 e. The van der Waals surface area contributed by atoms with E-state index in [9.17, 15) is 4.57 Å². The Morgan fingerprint density at radius 2 is 2.29 bits per heavy atom. The standard InChI is InChI=1S/C3H8NO2P/c1-2-3-7(4,5)6/h2-3H,1H3,(H3,4,5,6). The molecule has 4 heteroatoms. The summed E-state index contributed by atoms with van der Waals surface area (Å²) in [5, 5.41) is 0. The zero-order valence-electron chi connectivity index (χ0n) is 4.03. The Morgan fingerprint density at radius 3 is 2.29 bits per heavy atom. The van der Waals surface area contributed by atoms with Crippen LogP contribution < -0.4 is 5.50 Å². The third-order valence-electron chi connectivity index (χ3n) is 0.363. The molecule has 42 valence electrons. The van der Waals surface area contributed by atoms with Crippen LogP contribution in [0.2, 0.25) is 0 Å². The van der Waals surface area contributed by atoms with E-state index >= 15 is 0 Å². The number of nitrogens with two attached hydrogens (primary N) is 1. The Bertz CT molecular complexity index is 114. The third-order valence-corrected chi connectivity index (χ3v) is 1.09. The van der Waals surface area contributed by atoms with Gasteiger partial charge in [0.2, 0.25) is 0 Å². The summed E-state index contributed by atoms with van der Waals surface area (Å²) in [6.45, 7) is 1.63. The topological polar surface area (TPSA) is 63.3 Å². The maximum absolute atomic E-state index is 10.1. The molecule has 0 saturated carbocycles. The van der Waals surface area contributed by atoms with Crippen LogP contribution in [0.15, 0.2) is 11.9 Å². The van der Waals surface area contributed by atoms with Crippen molar-refractivity contribution in [3.63, 3.8) is 0 Å². The number of allylic oxidation sites excluding steroid dienone is 1. The van der Waals surface area contributed by atoms with Gasteiger partial charge in [-0.3, -0.25) is 10.1 Å². The van der Waals surface area contributed by atoms with Crippen LogP contribution in [0.1, 0.15) is 6.92 Å². The zero-order valence-corrected chi connectivity index (χ0v) is 4.93. The van der Waals surface area contributed by atoms with Gasteiger partial charge in [-0.05, 0) is 6.92 Å². The summed E-state index contributed by atoms with van der Waals surface area (Å²) in [4.78, 5) is 8.26. The highest BCUT2D eigenvalue weighted by atomic mass is 31.2. The molecule has 0 spiro atoms. The predicted molar refractivity (Wildman–Crippen MR) is 28.8 cm³/mol. The summed E-state index contributed by atoms with van der Waals surface area (Å²) >= 11 is 0. The maximum Gasteiger partial charge on any atom is 0.287 e. The van der Waals surface area contributed by atoms with E-state index in [2.05, 4.69) is 5.50 Å². The molecule has 0 bridgehead atoms. The Morgan fingerprint density at radius 1 is 1.86 bits per heavy atom. The molecule has 0 amide bonds. The van der Waals surface area contributed by atoms with Gasteiger partial charge >= 0.3 is 0 Å². The van der Waals surface area contributed by atoms with Crippen LogP contribution in [0.3, 0.4) is 0 Å². The molecule has 0 fully saturated rings. The van der Waals surface area contributed by atoms with E-state index in [-0.39, 0.29) is 0 Å². The van der Waals surface area contributed by atoms with Gasteiger partial charge in [0, 0.05) is 5.82 Å². The largest absolute Gasteiger partial charge is 0.331 e. The van der Waals surface area contributed by atoms with Crippen molar-refractivity contribution in [2.75, 3.05) is 0 Å². The molecule has 1 unspecified atom stereocenters. The molecular formula is C3H8NO2P. The average Bonchev–Trinajstić information content (AvgIpc) is 1.30. The second-order valence-electron chi connectivity index (χ2n) is 1.15. The molecule has 0 aliphatic rings. The van der Waals surface area contributed by atoms with Crippen molar-refractivity contribution in [2.24, 2.45) is 5.50 Å². The van der Waals surface area contributed by atoms with E-state index in [1.54, 1.807) is 6.92 Å². The third kappa shape index (κ3) is 5.89. The quantitative estimate of drug-likeness (QED) is 0.501. The summed E-state index contributed by atoms with van der Waals surface area (Å²) in [5.41, 5.74) is 4.67. The summed E-state index contributed by atoms with van der Waals surface area (Å²) < 4.78 is 10.1. The predicted octanol–water partition coefficient (Wildman–Crippen LogP) is 0.664. The molecule has 0 heterocycles. The van der Waals surface area contributed by atoms with Gasteiger partial charge in [-0.1, -0.05) is 6.08 Å². The monoisotopic (exact) mass is 121 g/mol. The SMILES string of the molecule is CC=CP(N)(=O)O. The minimum absolute atomic E-state index is 1.08. The van der Waals surface area contributed by atoms with Crippen molar-refractivity contribution < 1.29 is 9.46 Å². The van der Waals surface area contributed by atoms with Gasteiger partial charge in [0.25, 0.3) is 7.52 Å².